The van der Waals surface area contributed by atoms with Gasteiger partial charge in [0, 0.05) is 29.6 Å². The van der Waals surface area contributed by atoms with E-state index in [1.807, 2.05) is 12.1 Å². The maximum absolute atomic E-state index is 12.5. The summed E-state index contributed by atoms with van der Waals surface area (Å²) in [5.74, 6) is 0.748. The molecule has 0 saturated heterocycles. The minimum atomic E-state index is -0.129. The Balaban J connectivity index is 1.38. The van der Waals surface area contributed by atoms with Gasteiger partial charge < -0.3 is 4.98 Å². The van der Waals surface area contributed by atoms with Crippen LogP contribution >= 0.6 is 34.5 Å². The third-order valence-electron chi connectivity index (χ3n) is 4.31. The van der Waals surface area contributed by atoms with Gasteiger partial charge in [-0.2, -0.15) is 9.61 Å². The summed E-state index contributed by atoms with van der Waals surface area (Å²) in [7, 11) is 0. The fourth-order valence-corrected chi connectivity index (χ4v) is 4.36. The summed E-state index contributed by atoms with van der Waals surface area (Å²) < 4.78 is 1.64. The fourth-order valence-electron chi connectivity index (χ4n) is 2.91. The number of fused-ring (bicyclic) bond motifs is 2. The number of aryl methyl sites for hydroxylation is 1. The van der Waals surface area contributed by atoms with Crippen LogP contribution in [0.25, 0.3) is 26.7 Å². The lowest BCUT2D eigenvalue weighted by Crippen LogP contribution is -2.06. The normalized spacial score (nSPS) is 11.5. The second-order valence-corrected chi connectivity index (χ2v) is 8.02. The van der Waals surface area contributed by atoms with Crippen LogP contribution in [0.15, 0.2) is 36.5 Å². The van der Waals surface area contributed by atoms with Crippen LogP contribution in [0.3, 0.4) is 0 Å². The number of rotatable bonds is 5. The molecule has 0 aliphatic carbocycles. The van der Waals surface area contributed by atoms with Gasteiger partial charge in [-0.25, -0.2) is 9.97 Å². The Morgan fingerprint density at radius 3 is 2.93 bits per heavy atom. The molecule has 1 N–H and O–H groups in total. The van der Waals surface area contributed by atoms with Crippen molar-refractivity contribution in [2.45, 2.75) is 12.8 Å². The highest BCUT2D eigenvalue weighted by Gasteiger charge is 2.18. The van der Waals surface area contributed by atoms with Crippen molar-refractivity contribution in [1.82, 2.24) is 34.8 Å². The third-order valence-corrected chi connectivity index (χ3v) is 5.79. The van der Waals surface area contributed by atoms with Crippen LogP contribution in [0.2, 0.25) is 10.0 Å². The second kappa shape index (κ2) is 7.18. The highest BCUT2D eigenvalue weighted by Crippen LogP contribution is 2.33. The van der Waals surface area contributed by atoms with Crippen LogP contribution in [0.4, 0.5) is 0 Å². The van der Waals surface area contributed by atoms with Gasteiger partial charge in [0.25, 0.3) is 0 Å². The van der Waals surface area contributed by atoms with E-state index in [9.17, 15) is 4.79 Å². The van der Waals surface area contributed by atoms with E-state index in [1.54, 1.807) is 28.9 Å². The highest BCUT2D eigenvalue weighted by molar-refractivity contribution is 7.19. The van der Waals surface area contributed by atoms with E-state index in [-0.39, 0.29) is 18.0 Å². The summed E-state index contributed by atoms with van der Waals surface area (Å²) >= 11 is 13.6. The average molecular weight is 444 g/mol. The van der Waals surface area contributed by atoms with Crippen molar-refractivity contribution in [2.75, 3.05) is 0 Å². The Kier molecular flexibility index (Phi) is 4.50. The van der Waals surface area contributed by atoms with E-state index in [2.05, 4.69) is 30.2 Å². The number of nitrogens with one attached hydrogen (secondary N) is 1. The zero-order valence-electron chi connectivity index (χ0n) is 14.6. The number of carbonyl (C=O) groups excluding carboxylic acids is 1. The molecule has 0 atom stereocenters. The number of aromatic amines is 1. The monoisotopic (exact) mass is 443 g/mol. The first-order valence-electron chi connectivity index (χ1n) is 8.59. The van der Waals surface area contributed by atoms with Crippen molar-refractivity contribution in [3.05, 3.63) is 58.2 Å². The molecular formula is C18H11Cl2N7OS. The lowest BCUT2D eigenvalue weighted by Gasteiger charge is -2.00. The standard InChI is InChI=1S/C18H11Cl2N7OS/c19-9-3-4-10(11(20)8-9)17-26-27-14(24-25-18(27)29-17)6-5-13(28)16-22-12-2-1-7-21-15(12)23-16/h1-4,7-8H,5-6H2,(H,21,22,23). The molecule has 0 amide bonds. The number of halogens is 2. The largest absolute Gasteiger partial charge is 0.334 e. The van der Waals surface area contributed by atoms with Gasteiger partial charge in [0.05, 0.1) is 10.5 Å². The first-order chi connectivity index (χ1) is 14.1. The molecule has 144 valence electrons. The summed E-state index contributed by atoms with van der Waals surface area (Å²) in [6.07, 6.45) is 2.23. The van der Waals surface area contributed by atoms with Crippen molar-refractivity contribution in [3.63, 3.8) is 0 Å². The van der Waals surface area contributed by atoms with Crippen molar-refractivity contribution in [1.29, 1.82) is 0 Å². The number of hydrogen-bond acceptors (Lipinski definition) is 7. The number of Topliss-reactive ketones (excluding diaryl/α,β-unsaturated/α-hetero) is 1. The summed E-state index contributed by atoms with van der Waals surface area (Å²) in [5, 5.41) is 14.6. The quantitative estimate of drug-likeness (QED) is 0.407. The molecular weight excluding hydrogens is 433 g/mol. The second-order valence-electron chi connectivity index (χ2n) is 6.23. The number of carbonyl (C=O) groups is 1. The number of pyridine rings is 1. The number of hydrogen-bond donors (Lipinski definition) is 1. The molecule has 0 unspecified atom stereocenters. The van der Waals surface area contributed by atoms with Gasteiger partial charge in [-0.05, 0) is 30.3 Å². The SMILES string of the molecule is O=C(CCc1nnc2sc(-c3ccc(Cl)cc3Cl)nn12)c1nc2ncccc2[nH]1. The van der Waals surface area contributed by atoms with Crippen molar-refractivity contribution in [3.8, 4) is 10.6 Å². The van der Waals surface area contributed by atoms with Gasteiger partial charge in [-0.15, -0.1) is 10.2 Å². The van der Waals surface area contributed by atoms with Crippen molar-refractivity contribution in [2.24, 2.45) is 0 Å². The number of nitrogens with zero attached hydrogens (tertiary/aromatic N) is 6. The smallest absolute Gasteiger partial charge is 0.234 e. The number of H-pyrrole nitrogens is 1. The van der Waals surface area contributed by atoms with Gasteiger partial charge in [-0.3, -0.25) is 4.79 Å². The molecule has 4 heterocycles. The van der Waals surface area contributed by atoms with E-state index >= 15 is 0 Å². The van der Waals surface area contributed by atoms with Gasteiger partial charge in [0.2, 0.25) is 4.96 Å². The molecule has 5 rings (SSSR count). The molecule has 0 fully saturated rings. The summed E-state index contributed by atoms with van der Waals surface area (Å²) in [6, 6.07) is 8.85. The Morgan fingerprint density at radius 1 is 1.21 bits per heavy atom. The molecule has 0 spiro atoms. The van der Waals surface area contributed by atoms with Crippen LogP contribution in [-0.4, -0.2) is 40.5 Å². The first-order valence-corrected chi connectivity index (χ1v) is 10.2. The molecule has 0 radical (unpaired) electrons. The van der Waals surface area contributed by atoms with E-state index in [0.717, 1.165) is 11.1 Å². The molecule has 11 heteroatoms. The topological polar surface area (TPSA) is 102 Å². The zero-order chi connectivity index (χ0) is 20.0. The van der Waals surface area contributed by atoms with Crippen LogP contribution in [0, 0.1) is 0 Å². The summed E-state index contributed by atoms with van der Waals surface area (Å²) in [5.41, 5.74) is 2.01. The van der Waals surface area contributed by atoms with Gasteiger partial charge >= 0.3 is 0 Å². The Hall–Kier alpha value is -2.88. The van der Waals surface area contributed by atoms with E-state index in [0.29, 0.717) is 37.9 Å². The molecule has 4 aromatic heterocycles. The molecule has 0 aliphatic heterocycles. The lowest BCUT2D eigenvalue weighted by molar-refractivity contribution is 0.0973. The zero-order valence-corrected chi connectivity index (χ0v) is 17.0. The summed E-state index contributed by atoms with van der Waals surface area (Å²) in [4.78, 5) is 24.5. The molecule has 29 heavy (non-hydrogen) atoms. The van der Waals surface area contributed by atoms with Crippen LogP contribution in [0.5, 0.6) is 0 Å². The van der Waals surface area contributed by atoms with Crippen LogP contribution < -0.4 is 0 Å². The van der Waals surface area contributed by atoms with Crippen LogP contribution in [-0.2, 0) is 6.42 Å². The number of imidazole rings is 1. The Morgan fingerprint density at radius 2 is 2.10 bits per heavy atom. The van der Waals surface area contributed by atoms with Gasteiger partial charge in [0.1, 0.15) is 5.01 Å². The fraction of sp³-hybridized carbons (Fsp3) is 0.111. The Labute approximate surface area is 177 Å². The first kappa shape index (κ1) is 18.2. The highest BCUT2D eigenvalue weighted by atomic mass is 35.5. The number of ketones is 1. The van der Waals surface area contributed by atoms with Crippen molar-refractivity contribution >= 4 is 56.4 Å². The molecule has 0 aliphatic rings. The molecule has 8 nitrogen and oxygen atoms in total. The molecule has 1 aromatic carbocycles. The van der Waals surface area contributed by atoms with Crippen molar-refractivity contribution < 1.29 is 4.79 Å². The van der Waals surface area contributed by atoms with E-state index in [4.69, 9.17) is 23.2 Å². The predicted octanol–water partition coefficient (Wildman–Crippen LogP) is 4.25. The summed E-state index contributed by atoms with van der Waals surface area (Å²) in [6.45, 7) is 0. The van der Waals surface area contributed by atoms with Gasteiger partial charge in [-0.1, -0.05) is 34.5 Å². The third kappa shape index (κ3) is 3.37. The average Bonchev–Trinajstić information content (AvgIpc) is 3.40. The molecule has 0 saturated carbocycles. The molecule has 5 aromatic rings. The minimum Gasteiger partial charge on any atom is -0.334 e. The van der Waals surface area contributed by atoms with E-state index in [1.165, 1.54) is 11.3 Å². The Bertz CT molecular complexity index is 1340. The van der Waals surface area contributed by atoms with Crippen LogP contribution in [0.1, 0.15) is 22.9 Å². The van der Waals surface area contributed by atoms with E-state index < -0.39 is 0 Å². The molecule has 0 bridgehead atoms. The predicted molar refractivity (Wildman–Crippen MR) is 111 cm³/mol. The van der Waals surface area contributed by atoms with Gasteiger partial charge in [0.15, 0.2) is 23.1 Å². The maximum atomic E-state index is 12.5. The maximum Gasteiger partial charge on any atom is 0.234 e. The minimum absolute atomic E-state index is 0.129. The number of aromatic nitrogens is 7. The number of benzene rings is 1. The lowest BCUT2D eigenvalue weighted by atomic mass is 10.2.